The van der Waals surface area contributed by atoms with Gasteiger partial charge in [-0.25, -0.2) is 9.96 Å². The Morgan fingerprint density at radius 1 is 0.833 bits per heavy atom. The summed E-state index contributed by atoms with van der Waals surface area (Å²) in [6.07, 6.45) is -0.906. The van der Waals surface area contributed by atoms with Gasteiger partial charge >= 0.3 is 0 Å². The van der Waals surface area contributed by atoms with Crippen LogP contribution in [0.15, 0.2) is 78.9 Å². The van der Waals surface area contributed by atoms with Gasteiger partial charge in [-0.05, 0) is 54.4 Å². The molecule has 2 saturated heterocycles. The van der Waals surface area contributed by atoms with Crippen molar-refractivity contribution in [2.45, 2.75) is 19.1 Å². The van der Waals surface area contributed by atoms with Gasteiger partial charge in [-0.2, -0.15) is 0 Å². The normalized spacial score (nSPS) is 23.2. The van der Waals surface area contributed by atoms with Gasteiger partial charge in [-0.1, -0.05) is 42.5 Å². The molecule has 0 saturated carbocycles. The largest absolute Gasteiger partial charge is 0.508 e. The Balaban J connectivity index is 1.59. The molecule has 5 rings (SSSR count). The number of para-hydroxylation sites is 1. The smallest absolute Gasteiger partial charge is 0.266 e. The van der Waals surface area contributed by atoms with Crippen molar-refractivity contribution >= 4 is 23.2 Å². The number of hydroxylamine groups is 1. The fourth-order valence-corrected chi connectivity index (χ4v) is 4.25. The molecule has 6 nitrogen and oxygen atoms in total. The zero-order chi connectivity index (χ0) is 20.8. The first kappa shape index (κ1) is 18.4. The standard InChI is InChI=1S/C24H20N2O4/c1-15-6-5-9-18(14-15)25-23(28)20-21(16-10-12-19(27)13-11-16)26(30-22(20)24(25)29)17-7-3-2-4-8-17/h2-14,20-22,27H,1H3/t20-,21+,22-/m0/s1. The topological polar surface area (TPSA) is 70.1 Å². The predicted octanol–water partition coefficient (Wildman–Crippen LogP) is 3.75. The van der Waals surface area contributed by atoms with Gasteiger partial charge in [0.1, 0.15) is 11.7 Å². The van der Waals surface area contributed by atoms with E-state index in [9.17, 15) is 14.7 Å². The second-order valence-corrected chi connectivity index (χ2v) is 7.60. The van der Waals surface area contributed by atoms with Gasteiger partial charge in [0.25, 0.3) is 5.91 Å². The number of rotatable bonds is 3. The Hall–Kier alpha value is -3.64. The summed E-state index contributed by atoms with van der Waals surface area (Å²) in [6.45, 7) is 1.92. The lowest BCUT2D eigenvalue weighted by atomic mass is 9.90. The van der Waals surface area contributed by atoms with Crippen molar-refractivity contribution in [1.82, 2.24) is 0 Å². The van der Waals surface area contributed by atoms with Crippen molar-refractivity contribution in [3.63, 3.8) is 0 Å². The average Bonchev–Trinajstić information content (AvgIpc) is 3.26. The zero-order valence-electron chi connectivity index (χ0n) is 16.3. The Kier molecular flexibility index (Phi) is 4.29. The molecule has 0 aromatic heterocycles. The lowest BCUT2D eigenvalue weighted by molar-refractivity contribution is -0.126. The first-order valence-corrected chi connectivity index (χ1v) is 9.79. The molecule has 0 spiro atoms. The van der Waals surface area contributed by atoms with Crippen LogP contribution in [0.4, 0.5) is 11.4 Å². The van der Waals surface area contributed by atoms with Crippen LogP contribution in [-0.4, -0.2) is 23.0 Å². The maximum absolute atomic E-state index is 13.5. The molecule has 2 aliphatic rings. The molecule has 0 radical (unpaired) electrons. The number of aryl methyl sites for hydroxylation is 1. The molecular formula is C24H20N2O4. The first-order chi connectivity index (χ1) is 14.5. The van der Waals surface area contributed by atoms with Crippen molar-refractivity contribution in [3.05, 3.63) is 90.0 Å². The molecule has 6 heteroatoms. The molecule has 2 heterocycles. The summed E-state index contributed by atoms with van der Waals surface area (Å²) in [5.41, 5.74) is 3.06. The van der Waals surface area contributed by atoms with Crippen LogP contribution in [-0.2, 0) is 14.4 Å². The van der Waals surface area contributed by atoms with Crippen molar-refractivity contribution in [3.8, 4) is 5.75 Å². The molecule has 0 unspecified atom stereocenters. The van der Waals surface area contributed by atoms with Gasteiger partial charge in [-0.15, -0.1) is 0 Å². The highest BCUT2D eigenvalue weighted by atomic mass is 16.7. The van der Waals surface area contributed by atoms with Gasteiger partial charge < -0.3 is 5.11 Å². The van der Waals surface area contributed by atoms with E-state index in [-0.39, 0.29) is 17.6 Å². The summed E-state index contributed by atoms with van der Waals surface area (Å²) in [5.74, 6) is -1.21. The molecule has 30 heavy (non-hydrogen) atoms. The molecule has 2 fully saturated rings. The van der Waals surface area contributed by atoms with Crippen molar-refractivity contribution in [2.75, 3.05) is 9.96 Å². The summed E-state index contributed by atoms with van der Waals surface area (Å²) >= 11 is 0. The lowest BCUT2D eigenvalue weighted by Crippen LogP contribution is -2.37. The molecule has 1 N–H and O–H groups in total. The van der Waals surface area contributed by atoms with Crippen LogP contribution in [0.25, 0.3) is 0 Å². The molecule has 2 aliphatic heterocycles. The number of benzene rings is 3. The summed E-state index contributed by atoms with van der Waals surface area (Å²) in [6, 6.07) is 22.9. The van der Waals surface area contributed by atoms with Crippen LogP contribution in [0, 0.1) is 12.8 Å². The Bertz CT molecular complexity index is 1110. The third-order valence-electron chi connectivity index (χ3n) is 5.62. The van der Waals surface area contributed by atoms with E-state index in [4.69, 9.17) is 4.84 Å². The van der Waals surface area contributed by atoms with Gasteiger partial charge in [-0.3, -0.25) is 14.4 Å². The van der Waals surface area contributed by atoms with E-state index in [2.05, 4.69) is 0 Å². The number of carbonyl (C=O) groups is 2. The van der Waals surface area contributed by atoms with Crippen molar-refractivity contribution < 1.29 is 19.5 Å². The van der Waals surface area contributed by atoms with Crippen LogP contribution in [0.5, 0.6) is 5.75 Å². The summed E-state index contributed by atoms with van der Waals surface area (Å²) in [4.78, 5) is 34.0. The maximum Gasteiger partial charge on any atom is 0.266 e. The summed E-state index contributed by atoms with van der Waals surface area (Å²) in [5, 5.41) is 11.4. The number of hydrogen-bond donors (Lipinski definition) is 1. The number of aromatic hydroxyl groups is 1. The number of amides is 2. The molecule has 3 aromatic carbocycles. The SMILES string of the molecule is Cc1cccc(N2C(=O)[C@@H]3[C@H](ON(c4ccccc4)[C@@H]3c3ccc(O)cc3)C2=O)c1. The fraction of sp³-hybridized carbons (Fsp3) is 0.167. The molecule has 150 valence electrons. The minimum absolute atomic E-state index is 0.135. The third-order valence-corrected chi connectivity index (χ3v) is 5.62. The fourth-order valence-electron chi connectivity index (χ4n) is 4.25. The van der Waals surface area contributed by atoms with Gasteiger partial charge in [0, 0.05) is 0 Å². The van der Waals surface area contributed by atoms with Crippen LogP contribution in [0.2, 0.25) is 0 Å². The molecule has 3 atom stereocenters. The second-order valence-electron chi connectivity index (χ2n) is 7.60. The van der Waals surface area contributed by atoms with Gasteiger partial charge in [0.15, 0.2) is 6.10 Å². The minimum Gasteiger partial charge on any atom is -0.508 e. The third kappa shape index (κ3) is 2.84. The molecule has 0 aliphatic carbocycles. The number of carbonyl (C=O) groups excluding carboxylic acids is 2. The van der Waals surface area contributed by atoms with Gasteiger partial charge in [0.2, 0.25) is 5.91 Å². The lowest BCUT2D eigenvalue weighted by Gasteiger charge is -2.28. The number of phenols is 1. The number of hydrogen-bond acceptors (Lipinski definition) is 5. The summed E-state index contributed by atoms with van der Waals surface area (Å²) in [7, 11) is 0. The number of phenolic OH excluding ortho intramolecular Hbond substituents is 1. The van der Waals surface area contributed by atoms with E-state index in [1.807, 2.05) is 55.5 Å². The summed E-state index contributed by atoms with van der Waals surface area (Å²) < 4.78 is 0. The predicted molar refractivity (Wildman–Crippen MR) is 112 cm³/mol. The highest BCUT2D eigenvalue weighted by Gasteiger charge is 2.60. The van der Waals surface area contributed by atoms with Crippen LogP contribution in [0.1, 0.15) is 17.2 Å². The zero-order valence-corrected chi connectivity index (χ0v) is 16.3. The van der Waals surface area contributed by atoms with Crippen LogP contribution in [0.3, 0.4) is 0 Å². The van der Waals surface area contributed by atoms with Crippen LogP contribution >= 0.6 is 0 Å². The van der Waals surface area contributed by atoms with Gasteiger partial charge in [0.05, 0.1) is 17.4 Å². The monoisotopic (exact) mass is 400 g/mol. The number of fused-ring (bicyclic) bond motifs is 1. The number of imide groups is 1. The van der Waals surface area contributed by atoms with E-state index in [0.717, 1.165) is 16.8 Å². The van der Waals surface area contributed by atoms with E-state index in [1.54, 1.807) is 35.4 Å². The highest BCUT2D eigenvalue weighted by Crippen LogP contribution is 2.47. The Morgan fingerprint density at radius 3 is 2.23 bits per heavy atom. The quantitative estimate of drug-likeness (QED) is 0.678. The number of nitrogens with zero attached hydrogens (tertiary/aromatic N) is 2. The van der Waals surface area contributed by atoms with Crippen LogP contribution < -0.4 is 9.96 Å². The average molecular weight is 400 g/mol. The molecular weight excluding hydrogens is 380 g/mol. The minimum atomic E-state index is -0.906. The molecule has 2 amide bonds. The van der Waals surface area contributed by atoms with E-state index in [0.29, 0.717) is 5.69 Å². The van der Waals surface area contributed by atoms with E-state index >= 15 is 0 Å². The maximum atomic E-state index is 13.5. The first-order valence-electron chi connectivity index (χ1n) is 9.79. The highest BCUT2D eigenvalue weighted by molar-refractivity contribution is 6.23. The van der Waals surface area contributed by atoms with E-state index in [1.165, 1.54) is 4.90 Å². The molecule has 3 aromatic rings. The Labute approximate surface area is 173 Å². The Morgan fingerprint density at radius 2 is 1.53 bits per heavy atom. The van der Waals surface area contributed by atoms with Crippen molar-refractivity contribution in [2.24, 2.45) is 5.92 Å². The van der Waals surface area contributed by atoms with Crippen molar-refractivity contribution in [1.29, 1.82) is 0 Å². The molecule has 0 bridgehead atoms. The second kappa shape index (κ2) is 7.00. The van der Waals surface area contributed by atoms with E-state index < -0.39 is 18.1 Å². The number of anilines is 2.